The summed E-state index contributed by atoms with van der Waals surface area (Å²) >= 11 is 1.67. The van der Waals surface area contributed by atoms with Gasteiger partial charge in [-0.05, 0) is 43.2 Å². The van der Waals surface area contributed by atoms with Crippen molar-refractivity contribution in [1.82, 2.24) is 10.2 Å². The first-order valence-electron chi connectivity index (χ1n) is 9.21. The lowest BCUT2D eigenvalue weighted by molar-refractivity contribution is -0.126. The summed E-state index contributed by atoms with van der Waals surface area (Å²) in [6.45, 7) is 4.64. The maximum absolute atomic E-state index is 13.1. The zero-order chi connectivity index (χ0) is 19.5. The van der Waals surface area contributed by atoms with E-state index in [0.29, 0.717) is 23.6 Å². The Bertz CT molecular complexity index is 990. The molecular weight excluding hydrogens is 376 g/mol. The highest BCUT2D eigenvalue weighted by molar-refractivity contribution is 8.01. The first kappa shape index (κ1) is 17.4. The van der Waals surface area contributed by atoms with Crippen LogP contribution in [0.15, 0.2) is 42.5 Å². The van der Waals surface area contributed by atoms with Gasteiger partial charge in [0.15, 0.2) is 11.5 Å². The SMILES string of the molecule is CC1(C)S[C@H]2c3ccccc3C(=O)N2[C@H]1C(=O)NCc1ccc2c(c1)OCO2. The summed E-state index contributed by atoms with van der Waals surface area (Å²) in [4.78, 5) is 27.9. The van der Waals surface area contributed by atoms with Crippen molar-refractivity contribution >= 4 is 23.6 Å². The Morgan fingerprint density at radius 2 is 2.00 bits per heavy atom. The standard InChI is InChI=1S/C21H20N2O4S/c1-21(2)17(23-19(25)13-5-3-4-6-14(13)20(23)28-21)18(24)22-10-12-7-8-15-16(9-12)27-11-26-15/h3-9,17,20H,10-11H2,1-2H3,(H,22,24)/t17-,20-/m0/s1. The summed E-state index contributed by atoms with van der Waals surface area (Å²) in [5, 5.41) is 2.89. The molecule has 2 amide bonds. The third-order valence-corrected chi connectivity index (χ3v) is 6.98. The van der Waals surface area contributed by atoms with E-state index in [9.17, 15) is 9.59 Å². The number of fused-ring (bicyclic) bond motifs is 4. The first-order valence-corrected chi connectivity index (χ1v) is 10.1. The Hall–Kier alpha value is -2.67. The van der Waals surface area contributed by atoms with E-state index in [-0.39, 0.29) is 28.7 Å². The van der Waals surface area contributed by atoms with Crippen molar-refractivity contribution in [3.63, 3.8) is 0 Å². The van der Waals surface area contributed by atoms with Crippen LogP contribution in [0.25, 0.3) is 0 Å². The summed E-state index contributed by atoms with van der Waals surface area (Å²) in [7, 11) is 0. The van der Waals surface area contributed by atoms with E-state index in [4.69, 9.17) is 9.47 Å². The maximum Gasteiger partial charge on any atom is 0.256 e. The number of carbonyl (C=O) groups excluding carboxylic acids is 2. The molecule has 3 heterocycles. The molecule has 0 aliphatic carbocycles. The van der Waals surface area contributed by atoms with Gasteiger partial charge in [0.05, 0.1) is 0 Å². The second-order valence-electron chi connectivity index (χ2n) is 7.68. The van der Waals surface area contributed by atoms with Crippen LogP contribution in [-0.4, -0.2) is 34.3 Å². The minimum atomic E-state index is -0.531. The third-order valence-electron chi connectivity index (χ3n) is 5.45. The van der Waals surface area contributed by atoms with Gasteiger partial charge in [-0.2, -0.15) is 0 Å². The monoisotopic (exact) mass is 396 g/mol. The fourth-order valence-electron chi connectivity index (χ4n) is 4.14. The van der Waals surface area contributed by atoms with Gasteiger partial charge >= 0.3 is 0 Å². The summed E-state index contributed by atoms with van der Waals surface area (Å²) in [6, 6.07) is 12.7. The molecule has 2 aromatic carbocycles. The van der Waals surface area contributed by atoms with Crippen LogP contribution >= 0.6 is 11.8 Å². The summed E-state index contributed by atoms with van der Waals surface area (Å²) < 4.78 is 10.3. The number of nitrogens with one attached hydrogen (secondary N) is 1. The molecular formula is C21H20N2O4S. The molecule has 0 aromatic heterocycles. The maximum atomic E-state index is 13.1. The van der Waals surface area contributed by atoms with Crippen LogP contribution in [0.3, 0.4) is 0 Å². The number of amides is 2. The lowest BCUT2D eigenvalue weighted by atomic mass is 10.0. The summed E-state index contributed by atoms with van der Waals surface area (Å²) in [6.07, 6.45) is 0. The van der Waals surface area contributed by atoms with Crippen LogP contribution in [0.1, 0.15) is 40.7 Å². The number of hydrogen-bond donors (Lipinski definition) is 1. The molecule has 2 atom stereocenters. The van der Waals surface area contributed by atoms with Crippen LogP contribution in [0.4, 0.5) is 0 Å². The van der Waals surface area contributed by atoms with E-state index in [1.165, 1.54) is 0 Å². The molecule has 7 heteroatoms. The van der Waals surface area contributed by atoms with Gasteiger partial charge in [-0.3, -0.25) is 9.59 Å². The van der Waals surface area contributed by atoms with E-state index in [0.717, 1.165) is 11.1 Å². The van der Waals surface area contributed by atoms with Crippen LogP contribution in [-0.2, 0) is 11.3 Å². The number of hydrogen-bond acceptors (Lipinski definition) is 5. The van der Waals surface area contributed by atoms with Crippen LogP contribution in [0, 0.1) is 0 Å². The average molecular weight is 396 g/mol. The molecule has 144 valence electrons. The number of rotatable bonds is 3. The van der Waals surface area contributed by atoms with Gasteiger partial charge in [0, 0.05) is 16.9 Å². The Morgan fingerprint density at radius 3 is 2.86 bits per heavy atom. The Balaban J connectivity index is 1.36. The van der Waals surface area contributed by atoms with E-state index in [1.54, 1.807) is 16.7 Å². The molecule has 1 fully saturated rings. The molecule has 28 heavy (non-hydrogen) atoms. The topological polar surface area (TPSA) is 67.9 Å². The zero-order valence-corrected chi connectivity index (χ0v) is 16.4. The van der Waals surface area contributed by atoms with Crippen molar-refractivity contribution in [2.45, 2.75) is 36.6 Å². The lowest BCUT2D eigenvalue weighted by Gasteiger charge is -2.29. The van der Waals surface area contributed by atoms with Crippen molar-refractivity contribution in [2.24, 2.45) is 0 Å². The zero-order valence-electron chi connectivity index (χ0n) is 15.6. The largest absolute Gasteiger partial charge is 0.454 e. The van der Waals surface area contributed by atoms with Gasteiger partial charge < -0.3 is 19.7 Å². The predicted octanol–water partition coefficient (Wildman–Crippen LogP) is 3.08. The number of carbonyl (C=O) groups is 2. The first-order chi connectivity index (χ1) is 13.5. The van der Waals surface area contributed by atoms with Crippen molar-refractivity contribution in [1.29, 1.82) is 0 Å². The molecule has 0 spiro atoms. The molecule has 0 radical (unpaired) electrons. The van der Waals surface area contributed by atoms with Gasteiger partial charge in [0.2, 0.25) is 12.7 Å². The highest BCUT2D eigenvalue weighted by Gasteiger charge is 2.57. The van der Waals surface area contributed by atoms with Gasteiger partial charge in [-0.15, -0.1) is 11.8 Å². The summed E-state index contributed by atoms with van der Waals surface area (Å²) in [5.41, 5.74) is 2.62. The second-order valence-corrected chi connectivity index (χ2v) is 9.42. The highest BCUT2D eigenvalue weighted by atomic mass is 32.2. The number of nitrogens with zero attached hydrogens (tertiary/aromatic N) is 1. The van der Waals surface area contributed by atoms with Crippen LogP contribution in [0.2, 0.25) is 0 Å². The predicted molar refractivity (Wildman–Crippen MR) is 105 cm³/mol. The molecule has 0 unspecified atom stereocenters. The van der Waals surface area contributed by atoms with Crippen LogP contribution < -0.4 is 14.8 Å². The number of ether oxygens (including phenoxy) is 2. The third kappa shape index (κ3) is 2.57. The van der Waals surface area contributed by atoms with Crippen molar-refractivity contribution in [3.05, 3.63) is 59.2 Å². The minimum Gasteiger partial charge on any atom is -0.454 e. The molecule has 1 N–H and O–H groups in total. The molecule has 1 saturated heterocycles. The number of benzene rings is 2. The molecule has 6 nitrogen and oxygen atoms in total. The molecule has 3 aliphatic rings. The van der Waals surface area contributed by atoms with Gasteiger partial charge in [-0.25, -0.2) is 0 Å². The lowest BCUT2D eigenvalue weighted by Crippen LogP contribution is -2.52. The molecule has 0 saturated carbocycles. The summed E-state index contributed by atoms with van der Waals surface area (Å²) in [5.74, 6) is 1.20. The fraction of sp³-hybridized carbons (Fsp3) is 0.333. The van der Waals surface area contributed by atoms with E-state index in [2.05, 4.69) is 5.32 Å². The molecule has 2 aromatic rings. The van der Waals surface area contributed by atoms with Crippen LogP contribution in [0.5, 0.6) is 11.5 Å². The Kier molecular flexibility index (Phi) is 3.84. The van der Waals surface area contributed by atoms with E-state index in [1.807, 2.05) is 56.3 Å². The number of thioether (sulfide) groups is 1. The molecule has 3 aliphatic heterocycles. The average Bonchev–Trinajstić information content (AvgIpc) is 3.32. The van der Waals surface area contributed by atoms with Gasteiger partial charge in [0.25, 0.3) is 5.91 Å². The molecule has 0 bridgehead atoms. The smallest absolute Gasteiger partial charge is 0.256 e. The normalized spacial score (nSPS) is 23.5. The molecule has 5 rings (SSSR count). The Morgan fingerprint density at radius 1 is 1.21 bits per heavy atom. The quantitative estimate of drug-likeness (QED) is 0.864. The highest BCUT2D eigenvalue weighted by Crippen LogP contribution is 2.56. The van der Waals surface area contributed by atoms with Crippen molar-refractivity contribution < 1.29 is 19.1 Å². The van der Waals surface area contributed by atoms with Gasteiger partial charge in [-0.1, -0.05) is 24.3 Å². The Labute approximate surface area is 167 Å². The van der Waals surface area contributed by atoms with Gasteiger partial charge in [0.1, 0.15) is 11.4 Å². The minimum absolute atomic E-state index is 0.0677. The van der Waals surface area contributed by atoms with E-state index >= 15 is 0 Å². The van der Waals surface area contributed by atoms with Crippen molar-refractivity contribution in [2.75, 3.05) is 6.79 Å². The fourth-order valence-corrected chi connectivity index (χ4v) is 5.73. The second kappa shape index (κ2) is 6.17. The van der Waals surface area contributed by atoms with Crippen molar-refractivity contribution in [3.8, 4) is 11.5 Å². The van der Waals surface area contributed by atoms with E-state index < -0.39 is 6.04 Å².